The fraction of sp³-hybridized carbons (Fsp3) is 0.333. The zero-order chi connectivity index (χ0) is 14.1. The third kappa shape index (κ3) is 2.44. The minimum Gasteiger partial charge on any atom is -0.487 e. The molecule has 2 aromatic rings. The molecule has 1 aliphatic rings. The van der Waals surface area contributed by atoms with E-state index in [-0.39, 0.29) is 6.10 Å². The smallest absolute Gasteiger partial charge is 0.129 e. The van der Waals surface area contributed by atoms with Gasteiger partial charge in [0.15, 0.2) is 0 Å². The van der Waals surface area contributed by atoms with Crippen LogP contribution >= 0.6 is 0 Å². The molecular weight excluding hydrogens is 248 g/mol. The minimum absolute atomic E-state index is 0.179. The van der Waals surface area contributed by atoms with Gasteiger partial charge in [0, 0.05) is 0 Å². The highest BCUT2D eigenvalue weighted by molar-refractivity contribution is 5.36. The van der Waals surface area contributed by atoms with E-state index in [4.69, 9.17) is 4.74 Å². The molecule has 2 nitrogen and oxygen atoms in total. The molecule has 3 atom stereocenters. The van der Waals surface area contributed by atoms with Gasteiger partial charge in [-0.25, -0.2) is 0 Å². The summed E-state index contributed by atoms with van der Waals surface area (Å²) in [6.07, 6.45) is 0.108. The highest BCUT2D eigenvalue weighted by Gasteiger charge is 2.33. The van der Waals surface area contributed by atoms with Gasteiger partial charge in [-0.3, -0.25) is 0 Å². The van der Waals surface area contributed by atoms with Crippen LogP contribution < -0.4 is 4.74 Å². The van der Waals surface area contributed by atoms with Gasteiger partial charge in [0.05, 0.1) is 0 Å². The first kappa shape index (κ1) is 13.2. The van der Waals surface area contributed by atoms with Gasteiger partial charge >= 0.3 is 0 Å². The monoisotopic (exact) mass is 268 g/mol. The Labute approximate surface area is 120 Å². The first-order valence-corrected chi connectivity index (χ1v) is 7.15. The van der Waals surface area contributed by atoms with Crippen molar-refractivity contribution in [2.24, 2.45) is 0 Å². The molecule has 0 saturated heterocycles. The number of fused-ring (bicyclic) bond motifs is 1. The number of aryl methyl sites for hydroxylation is 1. The maximum Gasteiger partial charge on any atom is 0.129 e. The lowest BCUT2D eigenvalue weighted by atomic mass is 9.80. The van der Waals surface area contributed by atoms with Crippen molar-refractivity contribution in [3.8, 4) is 5.75 Å². The van der Waals surface area contributed by atoms with Crippen LogP contribution in [0.3, 0.4) is 0 Å². The maximum absolute atomic E-state index is 10.5. The Bertz CT molecular complexity index is 606. The molecule has 0 amide bonds. The van der Waals surface area contributed by atoms with E-state index in [2.05, 4.69) is 13.0 Å². The fourth-order valence-electron chi connectivity index (χ4n) is 3.01. The Morgan fingerprint density at radius 1 is 1.05 bits per heavy atom. The predicted octanol–water partition coefficient (Wildman–Crippen LogP) is 3.98. The van der Waals surface area contributed by atoms with Gasteiger partial charge in [-0.1, -0.05) is 43.3 Å². The fourth-order valence-corrected chi connectivity index (χ4v) is 3.01. The first-order valence-electron chi connectivity index (χ1n) is 7.15. The highest BCUT2D eigenvalue weighted by atomic mass is 16.5. The molecule has 1 N–H and O–H groups in total. The molecular formula is C18H20O2. The summed E-state index contributed by atoms with van der Waals surface area (Å²) in [4.78, 5) is 0. The zero-order valence-electron chi connectivity index (χ0n) is 11.9. The van der Waals surface area contributed by atoms with E-state index in [1.165, 1.54) is 11.1 Å². The van der Waals surface area contributed by atoms with Crippen LogP contribution in [0.5, 0.6) is 5.75 Å². The van der Waals surface area contributed by atoms with Crippen LogP contribution in [0.2, 0.25) is 0 Å². The molecule has 0 saturated carbocycles. The molecule has 2 aromatic carbocycles. The van der Waals surface area contributed by atoms with Gasteiger partial charge in [-0.05, 0) is 48.1 Å². The van der Waals surface area contributed by atoms with Gasteiger partial charge < -0.3 is 9.84 Å². The molecule has 1 aliphatic carbocycles. The van der Waals surface area contributed by atoms with E-state index < -0.39 is 6.10 Å². The quantitative estimate of drug-likeness (QED) is 0.892. The van der Waals surface area contributed by atoms with E-state index in [1.807, 2.05) is 49.4 Å². The second kappa shape index (κ2) is 5.29. The van der Waals surface area contributed by atoms with Gasteiger partial charge in [0.1, 0.15) is 18.0 Å². The lowest BCUT2D eigenvalue weighted by molar-refractivity contribution is 0.0179. The topological polar surface area (TPSA) is 29.5 Å². The maximum atomic E-state index is 10.5. The lowest BCUT2D eigenvalue weighted by Crippen LogP contribution is -2.32. The van der Waals surface area contributed by atoms with E-state index in [0.29, 0.717) is 5.92 Å². The van der Waals surface area contributed by atoms with Crippen molar-refractivity contribution in [2.75, 3.05) is 0 Å². The summed E-state index contributed by atoms with van der Waals surface area (Å²) in [6, 6.07) is 16.1. The molecule has 2 heteroatoms. The van der Waals surface area contributed by atoms with Crippen LogP contribution in [-0.4, -0.2) is 11.2 Å². The molecule has 0 heterocycles. The third-order valence-electron chi connectivity index (χ3n) is 4.06. The molecule has 3 rings (SSSR count). The number of rotatable bonds is 2. The molecule has 0 fully saturated rings. The van der Waals surface area contributed by atoms with Crippen LogP contribution in [0, 0.1) is 6.92 Å². The molecule has 20 heavy (non-hydrogen) atoms. The summed E-state index contributed by atoms with van der Waals surface area (Å²) in [5, 5.41) is 10.5. The van der Waals surface area contributed by atoms with Crippen LogP contribution in [0.25, 0.3) is 0 Å². The minimum atomic E-state index is -0.553. The summed E-state index contributed by atoms with van der Waals surface area (Å²) in [5.74, 6) is 1.24. The average molecular weight is 268 g/mol. The first-order chi connectivity index (χ1) is 9.65. The Hall–Kier alpha value is -1.80. The molecule has 104 valence electrons. The SMILES string of the molecule is Cc1cccc(OC2CC(C)c3ccccc3C2O)c1. The van der Waals surface area contributed by atoms with Crippen LogP contribution in [0.1, 0.15) is 42.1 Å². The largest absolute Gasteiger partial charge is 0.487 e. The van der Waals surface area contributed by atoms with Crippen LogP contribution in [0.4, 0.5) is 0 Å². The Morgan fingerprint density at radius 2 is 1.80 bits per heavy atom. The Kier molecular flexibility index (Phi) is 3.49. The summed E-state index contributed by atoms with van der Waals surface area (Å²) < 4.78 is 6.03. The molecule has 0 spiro atoms. The van der Waals surface area contributed by atoms with E-state index in [0.717, 1.165) is 17.7 Å². The van der Waals surface area contributed by atoms with Crippen molar-refractivity contribution in [1.82, 2.24) is 0 Å². The average Bonchev–Trinajstić information content (AvgIpc) is 2.45. The molecule has 3 unspecified atom stereocenters. The lowest BCUT2D eigenvalue weighted by Gasteiger charge is -2.34. The number of hydrogen-bond acceptors (Lipinski definition) is 2. The van der Waals surface area contributed by atoms with E-state index in [9.17, 15) is 5.11 Å². The van der Waals surface area contributed by atoms with Crippen molar-refractivity contribution in [2.45, 2.75) is 38.4 Å². The van der Waals surface area contributed by atoms with Crippen molar-refractivity contribution < 1.29 is 9.84 Å². The van der Waals surface area contributed by atoms with Crippen LogP contribution in [-0.2, 0) is 0 Å². The number of aliphatic hydroxyl groups is 1. The zero-order valence-corrected chi connectivity index (χ0v) is 11.9. The summed E-state index contributed by atoms with van der Waals surface area (Å²) in [6.45, 7) is 4.24. The second-order valence-electron chi connectivity index (χ2n) is 5.68. The third-order valence-corrected chi connectivity index (χ3v) is 4.06. The molecule has 0 aliphatic heterocycles. The number of hydrogen-bond donors (Lipinski definition) is 1. The van der Waals surface area contributed by atoms with Crippen LogP contribution in [0.15, 0.2) is 48.5 Å². The summed E-state index contributed by atoms with van der Waals surface area (Å²) in [7, 11) is 0. The van der Waals surface area contributed by atoms with Crippen molar-refractivity contribution in [1.29, 1.82) is 0 Å². The standard InChI is InChI=1S/C18H20O2/c1-12-6-5-7-14(10-12)20-17-11-13(2)15-8-3-4-9-16(15)18(17)19/h3-10,13,17-19H,11H2,1-2H3. The van der Waals surface area contributed by atoms with Crippen molar-refractivity contribution in [3.05, 3.63) is 65.2 Å². The summed E-state index contributed by atoms with van der Waals surface area (Å²) in [5.41, 5.74) is 3.41. The summed E-state index contributed by atoms with van der Waals surface area (Å²) >= 11 is 0. The number of benzene rings is 2. The van der Waals surface area contributed by atoms with Crippen molar-refractivity contribution in [3.63, 3.8) is 0 Å². The van der Waals surface area contributed by atoms with E-state index >= 15 is 0 Å². The van der Waals surface area contributed by atoms with Gasteiger partial charge in [-0.15, -0.1) is 0 Å². The van der Waals surface area contributed by atoms with Gasteiger partial charge in [0.25, 0.3) is 0 Å². The molecule has 0 bridgehead atoms. The van der Waals surface area contributed by atoms with Gasteiger partial charge in [-0.2, -0.15) is 0 Å². The molecule has 0 aromatic heterocycles. The van der Waals surface area contributed by atoms with E-state index in [1.54, 1.807) is 0 Å². The normalized spacial score (nSPS) is 25.1. The predicted molar refractivity (Wildman–Crippen MR) is 80.0 cm³/mol. The second-order valence-corrected chi connectivity index (χ2v) is 5.68. The van der Waals surface area contributed by atoms with Gasteiger partial charge in [0.2, 0.25) is 0 Å². The molecule has 0 radical (unpaired) electrons. The number of aliphatic hydroxyl groups excluding tert-OH is 1. The Balaban J connectivity index is 1.86. The number of ether oxygens (including phenoxy) is 1. The van der Waals surface area contributed by atoms with Crippen molar-refractivity contribution >= 4 is 0 Å². The highest BCUT2D eigenvalue weighted by Crippen LogP contribution is 2.39. The Morgan fingerprint density at radius 3 is 2.55 bits per heavy atom.